The number of nitrogens with zero attached hydrogens (tertiary/aromatic N) is 1. The fourth-order valence-electron chi connectivity index (χ4n) is 3.99. The van der Waals surface area contributed by atoms with Crippen molar-refractivity contribution in [3.8, 4) is 0 Å². The maximum Gasteiger partial charge on any atom is 0.417 e. The minimum atomic E-state index is -1.42. The number of aliphatic carboxylic acids is 1. The molecule has 1 N–H and O–H groups in total. The maximum atomic E-state index is 13.0. The average Bonchev–Trinajstić information content (AvgIpc) is 2.82. The van der Waals surface area contributed by atoms with E-state index in [4.69, 9.17) is 4.74 Å². The molecule has 4 atom stereocenters. The van der Waals surface area contributed by atoms with Gasteiger partial charge in [0.2, 0.25) is 5.91 Å². The monoisotopic (exact) mass is 383 g/mol. The standard InChI is InChI=1S/C18H25NO8/c1-18(2,3)27-17(25)19-14(16(23)24)12-8-11(21)7-10(13(12)15(19)22)5-4-6-26-9-20/h9-10,12-14H,4-8H2,1-3H3,(H,23,24)/t10-,12-,13+,14-/m0/s1. The van der Waals surface area contributed by atoms with Gasteiger partial charge in [-0.1, -0.05) is 0 Å². The number of carboxylic acid groups (broad SMARTS) is 1. The average molecular weight is 383 g/mol. The van der Waals surface area contributed by atoms with E-state index in [-0.39, 0.29) is 25.2 Å². The summed E-state index contributed by atoms with van der Waals surface area (Å²) < 4.78 is 9.85. The molecule has 9 heteroatoms. The molecule has 0 unspecified atom stereocenters. The molecular formula is C18H25NO8. The molecule has 2 aliphatic rings. The molecule has 1 saturated carbocycles. The molecule has 0 aromatic rings. The van der Waals surface area contributed by atoms with E-state index in [0.29, 0.717) is 24.2 Å². The molecule has 27 heavy (non-hydrogen) atoms. The first-order valence-corrected chi connectivity index (χ1v) is 8.92. The number of hydrogen-bond acceptors (Lipinski definition) is 7. The first-order chi connectivity index (χ1) is 12.6. The summed E-state index contributed by atoms with van der Waals surface area (Å²) in [4.78, 5) is 60.3. The number of carboxylic acids is 1. The van der Waals surface area contributed by atoms with Gasteiger partial charge < -0.3 is 14.6 Å². The largest absolute Gasteiger partial charge is 0.480 e. The Morgan fingerprint density at radius 2 is 1.93 bits per heavy atom. The van der Waals surface area contributed by atoms with Crippen molar-refractivity contribution in [2.75, 3.05) is 6.61 Å². The molecule has 0 spiro atoms. The Morgan fingerprint density at radius 1 is 1.26 bits per heavy atom. The van der Waals surface area contributed by atoms with E-state index in [1.807, 2.05) is 0 Å². The molecule has 0 bridgehead atoms. The number of Topliss-reactive ketones (excluding diaryl/α,β-unsaturated/α-hetero) is 1. The Hall–Kier alpha value is -2.45. The second-order valence-electron chi connectivity index (χ2n) is 7.98. The third kappa shape index (κ3) is 4.64. The van der Waals surface area contributed by atoms with Gasteiger partial charge in [0.05, 0.1) is 6.61 Å². The van der Waals surface area contributed by atoms with Crippen molar-refractivity contribution < 1.29 is 38.6 Å². The van der Waals surface area contributed by atoms with Gasteiger partial charge in [-0.25, -0.2) is 14.5 Å². The van der Waals surface area contributed by atoms with Crippen molar-refractivity contribution in [1.82, 2.24) is 4.90 Å². The number of ether oxygens (including phenoxy) is 2. The third-order valence-corrected chi connectivity index (χ3v) is 4.88. The van der Waals surface area contributed by atoms with Gasteiger partial charge >= 0.3 is 12.1 Å². The number of carbonyl (C=O) groups is 5. The predicted molar refractivity (Wildman–Crippen MR) is 90.5 cm³/mol. The second-order valence-corrected chi connectivity index (χ2v) is 7.98. The fraction of sp³-hybridized carbons (Fsp3) is 0.722. The molecule has 2 amide bonds. The van der Waals surface area contributed by atoms with Crippen LogP contribution in [0, 0.1) is 17.8 Å². The molecule has 0 radical (unpaired) electrons. The summed E-state index contributed by atoms with van der Waals surface area (Å²) >= 11 is 0. The van der Waals surface area contributed by atoms with E-state index >= 15 is 0 Å². The molecule has 1 aliphatic carbocycles. The van der Waals surface area contributed by atoms with Crippen LogP contribution in [0.15, 0.2) is 0 Å². The van der Waals surface area contributed by atoms with Crippen LogP contribution >= 0.6 is 0 Å². The van der Waals surface area contributed by atoms with Crippen LogP contribution in [0.2, 0.25) is 0 Å². The normalized spacial score (nSPS) is 27.9. The molecule has 1 aliphatic heterocycles. The number of fused-ring (bicyclic) bond motifs is 1. The summed E-state index contributed by atoms with van der Waals surface area (Å²) in [6.07, 6.45) is -0.0701. The number of rotatable bonds is 6. The lowest BCUT2D eigenvalue weighted by molar-refractivity contribution is -0.146. The van der Waals surface area contributed by atoms with Crippen LogP contribution in [-0.2, 0) is 28.7 Å². The predicted octanol–water partition coefficient (Wildman–Crippen LogP) is 1.38. The minimum absolute atomic E-state index is 0.0615. The minimum Gasteiger partial charge on any atom is -0.480 e. The summed E-state index contributed by atoms with van der Waals surface area (Å²) in [5, 5.41) is 9.63. The summed E-state index contributed by atoms with van der Waals surface area (Å²) in [7, 11) is 0. The second kappa shape index (κ2) is 8.06. The third-order valence-electron chi connectivity index (χ3n) is 4.88. The SMILES string of the molecule is CC(C)(C)OC(=O)N1C(=O)[C@@H]2[C@@H](CCCOC=O)CC(=O)C[C@@H]2[C@H]1C(=O)O. The maximum absolute atomic E-state index is 13.0. The van der Waals surface area contributed by atoms with E-state index in [9.17, 15) is 29.1 Å². The Labute approximate surface area is 157 Å². The van der Waals surface area contributed by atoms with Gasteiger partial charge in [-0.3, -0.25) is 14.4 Å². The van der Waals surface area contributed by atoms with Crippen molar-refractivity contribution in [3.63, 3.8) is 0 Å². The van der Waals surface area contributed by atoms with Gasteiger partial charge in [0.25, 0.3) is 6.47 Å². The lowest BCUT2D eigenvalue weighted by atomic mass is 9.69. The Morgan fingerprint density at radius 3 is 2.48 bits per heavy atom. The highest BCUT2D eigenvalue weighted by Crippen LogP contribution is 2.45. The number of likely N-dealkylation sites (tertiary alicyclic amines) is 1. The molecular weight excluding hydrogens is 358 g/mol. The summed E-state index contributed by atoms with van der Waals surface area (Å²) in [5.74, 6) is -4.00. The highest BCUT2D eigenvalue weighted by atomic mass is 16.6. The van der Waals surface area contributed by atoms with Crippen LogP contribution in [0.1, 0.15) is 46.5 Å². The zero-order chi connectivity index (χ0) is 20.4. The fourth-order valence-corrected chi connectivity index (χ4v) is 3.99. The van der Waals surface area contributed by atoms with Crippen LogP contribution in [0.25, 0.3) is 0 Å². The lowest BCUT2D eigenvalue weighted by Gasteiger charge is -2.31. The molecule has 0 aromatic carbocycles. The number of imide groups is 1. The number of amides is 2. The summed E-state index contributed by atoms with van der Waals surface area (Å²) in [5.41, 5.74) is -0.893. The topological polar surface area (TPSA) is 127 Å². The Bertz CT molecular complexity index is 638. The van der Waals surface area contributed by atoms with Gasteiger partial charge in [0, 0.05) is 24.7 Å². The Balaban J connectivity index is 2.27. The van der Waals surface area contributed by atoms with Gasteiger partial charge in [-0.2, -0.15) is 0 Å². The van der Waals surface area contributed by atoms with Crippen molar-refractivity contribution in [1.29, 1.82) is 0 Å². The molecule has 2 fully saturated rings. The van der Waals surface area contributed by atoms with Gasteiger partial charge in [-0.05, 0) is 39.5 Å². The van der Waals surface area contributed by atoms with Crippen LogP contribution in [-0.4, -0.2) is 58.5 Å². The van der Waals surface area contributed by atoms with E-state index in [1.54, 1.807) is 20.8 Å². The Kier molecular flexibility index (Phi) is 6.22. The zero-order valence-electron chi connectivity index (χ0n) is 15.7. The lowest BCUT2D eigenvalue weighted by Crippen LogP contribution is -2.47. The van der Waals surface area contributed by atoms with Crippen LogP contribution < -0.4 is 0 Å². The highest BCUT2D eigenvalue weighted by Gasteiger charge is 2.59. The van der Waals surface area contributed by atoms with Crippen molar-refractivity contribution in [2.24, 2.45) is 17.8 Å². The molecule has 0 aromatic heterocycles. The van der Waals surface area contributed by atoms with Crippen LogP contribution in [0.3, 0.4) is 0 Å². The molecule has 1 heterocycles. The number of hydrogen-bond donors (Lipinski definition) is 1. The van der Waals surface area contributed by atoms with E-state index in [1.165, 1.54) is 0 Å². The van der Waals surface area contributed by atoms with Gasteiger partial charge in [0.1, 0.15) is 17.4 Å². The van der Waals surface area contributed by atoms with E-state index in [2.05, 4.69) is 4.74 Å². The van der Waals surface area contributed by atoms with Crippen molar-refractivity contribution in [2.45, 2.75) is 58.1 Å². The quantitative estimate of drug-likeness (QED) is 0.538. The van der Waals surface area contributed by atoms with E-state index in [0.717, 1.165) is 0 Å². The molecule has 9 nitrogen and oxygen atoms in total. The zero-order valence-corrected chi connectivity index (χ0v) is 15.7. The number of ketones is 1. The van der Waals surface area contributed by atoms with Gasteiger partial charge in [-0.15, -0.1) is 0 Å². The molecule has 1 saturated heterocycles. The van der Waals surface area contributed by atoms with Crippen molar-refractivity contribution in [3.05, 3.63) is 0 Å². The summed E-state index contributed by atoms with van der Waals surface area (Å²) in [6, 6.07) is -1.42. The van der Waals surface area contributed by atoms with E-state index < -0.39 is 47.4 Å². The summed E-state index contributed by atoms with van der Waals surface area (Å²) in [6.45, 7) is 5.33. The van der Waals surface area contributed by atoms with Crippen LogP contribution in [0.5, 0.6) is 0 Å². The smallest absolute Gasteiger partial charge is 0.417 e. The van der Waals surface area contributed by atoms with Gasteiger partial charge in [0.15, 0.2) is 0 Å². The first-order valence-electron chi connectivity index (χ1n) is 8.92. The highest BCUT2D eigenvalue weighted by molar-refractivity contribution is 6.02. The molecule has 150 valence electrons. The number of carbonyl (C=O) groups excluding carboxylic acids is 4. The van der Waals surface area contributed by atoms with Crippen LogP contribution in [0.4, 0.5) is 4.79 Å². The van der Waals surface area contributed by atoms with Crippen molar-refractivity contribution >= 4 is 30.2 Å². The first kappa shape index (κ1) is 20.9. The molecule has 2 rings (SSSR count).